The minimum atomic E-state index is 0.359. The van der Waals surface area contributed by atoms with Crippen LogP contribution in [0.3, 0.4) is 0 Å². The van der Waals surface area contributed by atoms with Gasteiger partial charge >= 0.3 is 86.2 Å². The van der Waals surface area contributed by atoms with Crippen LogP contribution < -0.4 is 0 Å². The minimum absolute atomic E-state index is 0.359. The van der Waals surface area contributed by atoms with Crippen molar-refractivity contribution in [2.24, 2.45) is 5.92 Å². The van der Waals surface area contributed by atoms with Gasteiger partial charge in [-0.05, 0) is 0 Å². The van der Waals surface area contributed by atoms with Crippen LogP contribution in [0, 0.1) is 41.8 Å². The van der Waals surface area contributed by atoms with Gasteiger partial charge in [0.2, 0.25) is 0 Å². The van der Waals surface area contributed by atoms with E-state index in [2.05, 4.69) is 20.8 Å². The Hall–Kier alpha value is 1.32. The molecule has 0 rings (SSSR count). The molecule has 0 saturated heterocycles. The second kappa shape index (κ2) is 8.42. The summed E-state index contributed by atoms with van der Waals surface area (Å²) >= 11 is 0.359. The van der Waals surface area contributed by atoms with Crippen molar-refractivity contribution in [3.8, 4) is 0 Å². The predicted octanol–water partition coefficient (Wildman–Crippen LogP) is 3.75. The molecule has 0 aromatic rings. The molecule has 0 aliphatic carbocycles. The van der Waals surface area contributed by atoms with Gasteiger partial charge in [-0.25, -0.2) is 0 Å². The van der Waals surface area contributed by atoms with Crippen molar-refractivity contribution in [1.29, 1.82) is 0 Å². The van der Waals surface area contributed by atoms with Gasteiger partial charge in [0, 0.05) is 0 Å². The van der Waals surface area contributed by atoms with Crippen LogP contribution in [-0.4, -0.2) is 0 Å². The molecule has 0 aliphatic heterocycles. The molecule has 0 bridgehead atoms. The summed E-state index contributed by atoms with van der Waals surface area (Å²) in [5.41, 5.74) is 0. The van der Waals surface area contributed by atoms with Crippen LogP contribution in [0.5, 0.6) is 0 Å². The zero-order valence-corrected chi connectivity index (χ0v) is 9.73. The second-order valence-corrected chi connectivity index (χ2v) is 6.24. The zero-order chi connectivity index (χ0) is 7.82. The van der Waals surface area contributed by atoms with Crippen molar-refractivity contribution >= 4 is 0 Å². The fraction of sp³-hybridized carbons (Fsp3) is 1.00. The molecule has 1 heteroatoms. The van der Waals surface area contributed by atoms with E-state index in [1.807, 2.05) is 0 Å². The van der Waals surface area contributed by atoms with E-state index in [4.69, 9.17) is 0 Å². The first kappa shape index (κ1) is 11.3. The predicted molar refractivity (Wildman–Crippen MR) is 44.0 cm³/mol. The third kappa shape index (κ3) is 7.43. The van der Waals surface area contributed by atoms with Crippen LogP contribution in [0.25, 0.3) is 0 Å². The summed E-state index contributed by atoms with van der Waals surface area (Å²) in [6.45, 7) is 6.97. The van der Waals surface area contributed by atoms with Crippen LogP contribution in [0.2, 0.25) is 4.40 Å². The molecule has 1 atom stereocenters. The van der Waals surface area contributed by atoms with Gasteiger partial charge in [0.15, 0.2) is 0 Å². The number of rotatable bonds is 6. The molecule has 0 spiro atoms. The Kier molecular flexibility index (Phi) is 9.54. The van der Waals surface area contributed by atoms with Gasteiger partial charge in [-0.3, -0.25) is 0 Å². The summed E-state index contributed by atoms with van der Waals surface area (Å²) < 4.78 is 3.15. The molecule has 10 heavy (non-hydrogen) atoms. The number of hydrogen-bond donors (Lipinski definition) is 0. The summed E-state index contributed by atoms with van der Waals surface area (Å²) in [7, 11) is 0. The third-order valence-corrected chi connectivity index (χ3v) is 5.11. The standard InChI is InChI=1S/C6H13.C3H7.Gd/c1-4-6(3)5-2;1-3-2;/h6H,1,4-5H2,2-3H3;1,3H2,2H3;. The van der Waals surface area contributed by atoms with Gasteiger partial charge in [0.1, 0.15) is 0 Å². The van der Waals surface area contributed by atoms with Crippen LogP contribution in [-0.2, 0) is 0 Å². The average molecular weight is 286 g/mol. The molecule has 0 fully saturated rings. The monoisotopic (exact) mass is 286 g/mol. The Bertz CT molecular complexity index is 61.7. The average Bonchev–Trinajstić information content (AvgIpc) is 1.98. The normalized spacial score (nSPS) is 13.9. The van der Waals surface area contributed by atoms with Gasteiger partial charge in [0.25, 0.3) is 0 Å². The quantitative estimate of drug-likeness (QED) is 0.652. The molecular weight excluding hydrogens is 265 g/mol. The van der Waals surface area contributed by atoms with Crippen molar-refractivity contribution in [2.75, 3.05) is 0 Å². The first-order valence-electron chi connectivity index (χ1n) is 4.31. The van der Waals surface area contributed by atoms with Gasteiger partial charge in [-0.1, -0.05) is 0 Å². The van der Waals surface area contributed by atoms with E-state index >= 15 is 0 Å². The molecule has 0 aromatic heterocycles. The molecule has 0 heterocycles. The van der Waals surface area contributed by atoms with Crippen LogP contribution >= 0.6 is 0 Å². The molecule has 0 nitrogen and oxygen atoms in total. The Morgan fingerprint density at radius 2 is 1.90 bits per heavy atom. The molecular formula is C9H20Gd. The SMILES string of the molecule is CC[CH2][Gd][CH2]CC(C)CC. The molecule has 0 aromatic carbocycles. The molecule has 0 aliphatic rings. The first-order chi connectivity index (χ1) is 4.81. The fourth-order valence-electron chi connectivity index (χ4n) is 0.664. The second-order valence-electron chi connectivity index (χ2n) is 2.83. The Labute approximate surface area is 85.3 Å². The van der Waals surface area contributed by atoms with Gasteiger partial charge in [0.05, 0.1) is 0 Å². The van der Waals surface area contributed by atoms with Crippen LogP contribution in [0.1, 0.15) is 40.0 Å². The zero-order valence-electron chi connectivity index (χ0n) is 7.47. The third-order valence-electron chi connectivity index (χ3n) is 1.72. The molecule has 0 N–H and O–H groups in total. The Morgan fingerprint density at radius 3 is 2.40 bits per heavy atom. The van der Waals surface area contributed by atoms with Gasteiger partial charge < -0.3 is 0 Å². The van der Waals surface area contributed by atoms with Crippen molar-refractivity contribution in [2.45, 2.75) is 44.4 Å². The van der Waals surface area contributed by atoms with E-state index in [1.165, 1.54) is 19.3 Å². The van der Waals surface area contributed by atoms with Crippen LogP contribution in [0.4, 0.5) is 0 Å². The van der Waals surface area contributed by atoms with Crippen molar-refractivity contribution < 1.29 is 35.9 Å². The van der Waals surface area contributed by atoms with Crippen molar-refractivity contribution in [1.82, 2.24) is 0 Å². The molecule has 0 amide bonds. The summed E-state index contributed by atoms with van der Waals surface area (Å²) in [4.78, 5) is 0. The van der Waals surface area contributed by atoms with Crippen molar-refractivity contribution in [3.05, 3.63) is 0 Å². The Balaban J connectivity index is 2.89. The summed E-state index contributed by atoms with van der Waals surface area (Å²) in [6.07, 6.45) is 4.30. The van der Waals surface area contributed by atoms with E-state index in [-0.39, 0.29) is 0 Å². The van der Waals surface area contributed by atoms with Crippen LogP contribution in [0.15, 0.2) is 0 Å². The first-order valence-corrected chi connectivity index (χ1v) is 7.52. The molecule has 64 valence electrons. The Morgan fingerprint density at radius 1 is 1.20 bits per heavy atom. The molecule has 1 unspecified atom stereocenters. The van der Waals surface area contributed by atoms with E-state index < -0.39 is 0 Å². The van der Waals surface area contributed by atoms with Gasteiger partial charge in [-0.2, -0.15) is 0 Å². The number of hydrogen-bond acceptors (Lipinski definition) is 0. The molecule has 0 radical (unpaired) electrons. The van der Waals surface area contributed by atoms with Crippen molar-refractivity contribution in [3.63, 3.8) is 0 Å². The summed E-state index contributed by atoms with van der Waals surface area (Å²) in [5, 5.41) is 0. The van der Waals surface area contributed by atoms with Gasteiger partial charge in [-0.15, -0.1) is 0 Å². The van der Waals surface area contributed by atoms with E-state index in [9.17, 15) is 0 Å². The summed E-state index contributed by atoms with van der Waals surface area (Å²) in [6, 6.07) is 0. The van der Waals surface area contributed by atoms with E-state index in [0.29, 0.717) is 35.9 Å². The van der Waals surface area contributed by atoms with E-state index in [1.54, 1.807) is 4.40 Å². The topological polar surface area (TPSA) is 0 Å². The van der Waals surface area contributed by atoms with E-state index in [0.717, 1.165) is 5.92 Å². The fourth-order valence-corrected chi connectivity index (χ4v) is 3.61. The molecule has 0 saturated carbocycles. The summed E-state index contributed by atoms with van der Waals surface area (Å²) in [5.74, 6) is 0.990. The maximum atomic E-state index is 2.38. The maximum absolute atomic E-state index is 2.38.